The number of amidine groups is 1. The third-order valence-corrected chi connectivity index (χ3v) is 6.47. The number of thiophene rings is 1. The van der Waals surface area contributed by atoms with Crippen LogP contribution in [0.15, 0.2) is 22.7 Å². The van der Waals surface area contributed by atoms with E-state index in [1.54, 1.807) is 0 Å². The van der Waals surface area contributed by atoms with Gasteiger partial charge in [-0.25, -0.2) is 0 Å². The van der Waals surface area contributed by atoms with Crippen molar-refractivity contribution < 1.29 is 9.63 Å². The Balaban J connectivity index is 1.31. The van der Waals surface area contributed by atoms with Crippen molar-refractivity contribution in [3.8, 4) is 0 Å². The molecule has 23 heavy (non-hydrogen) atoms. The van der Waals surface area contributed by atoms with Gasteiger partial charge in [-0.1, -0.05) is 11.2 Å². The van der Waals surface area contributed by atoms with Crippen LogP contribution >= 0.6 is 11.3 Å². The maximum absolute atomic E-state index is 12.3. The Morgan fingerprint density at radius 3 is 2.52 bits per heavy atom. The fraction of sp³-hybridized carbons (Fsp3) is 0.647. The molecule has 4 saturated carbocycles. The van der Waals surface area contributed by atoms with Gasteiger partial charge in [0, 0.05) is 5.54 Å². The van der Waals surface area contributed by atoms with Gasteiger partial charge >= 0.3 is 0 Å². The third-order valence-electron chi connectivity index (χ3n) is 5.57. The Bertz CT molecular complexity index is 576. The minimum absolute atomic E-state index is 0.0260. The van der Waals surface area contributed by atoms with Crippen molar-refractivity contribution >= 4 is 23.1 Å². The average molecular weight is 333 g/mol. The third kappa shape index (κ3) is 3.09. The van der Waals surface area contributed by atoms with Crippen molar-refractivity contribution in [3.05, 3.63) is 22.4 Å². The number of nitrogens with one attached hydrogen (secondary N) is 1. The lowest BCUT2D eigenvalue weighted by Crippen LogP contribution is -2.60. The monoisotopic (exact) mass is 333 g/mol. The molecule has 4 bridgehead atoms. The number of rotatable bonds is 5. The van der Waals surface area contributed by atoms with E-state index in [0.29, 0.717) is 5.84 Å². The van der Waals surface area contributed by atoms with Crippen LogP contribution in [0.5, 0.6) is 0 Å². The maximum Gasteiger partial charge on any atom is 0.261 e. The van der Waals surface area contributed by atoms with E-state index in [1.807, 2.05) is 17.5 Å². The molecule has 6 heteroatoms. The molecule has 0 aromatic carbocycles. The van der Waals surface area contributed by atoms with Crippen LogP contribution < -0.4 is 11.1 Å². The summed E-state index contributed by atoms with van der Waals surface area (Å²) in [6, 6.07) is 3.78. The Morgan fingerprint density at radius 1 is 1.30 bits per heavy atom. The number of hydrogen-bond acceptors (Lipinski definition) is 4. The van der Waals surface area contributed by atoms with Crippen molar-refractivity contribution in [2.24, 2.45) is 28.6 Å². The van der Waals surface area contributed by atoms with Crippen LogP contribution in [0.25, 0.3) is 0 Å². The lowest BCUT2D eigenvalue weighted by atomic mass is 9.53. The standard InChI is InChI=1S/C17H23N3O2S/c18-16(14-2-1-3-23-14)20-22-10-15(21)19-17-7-11-4-12(8-17)6-13(5-11)9-17/h1-3,11-13H,4-10H2,(H2,18,20)(H,19,21). The van der Waals surface area contributed by atoms with Gasteiger partial charge in [-0.3, -0.25) is 4.79 Å². The largest absolute Gasteiger partial charge is 0.384 e. The summed E-state index contributed by atoms with van der Waals surface area (Å²) in [5, 5.41) is 9.03. The van der Waals surface area contributed by atoms with Crippen LogP contribution in [0.4, 0.5) is 0 Å². The van der Waals surface area contributed by atoms with Crippen molar-refractivity contribution in [1.82, 2.24) is 5.32 Å². The minimum atomic E-state index is -0.0744. The van der Waals surface area contributed by atoms with Gasteiger partial charge in [0.15, 0.2) is 12.4 Å². The Morgan fingerprint density at radius 2 is 1.96 bits per heavy atom. The second-order valence-corrected chi connectivity index (χ2v) is 8.42. The van der Waals surface area contributed by atoms with E-state index >= 15 is 0 Å². The second-order valence-electron chi connectivity index (χ2n) is 7.47. The molecule has 0 atom stereocenters. The van der Waals surface area contributed by atoms with E-state index in [2.05, 4.69) is 10.5 Å². The number of oxime groups is 1. The number of carbonyl (C=O) groups excluding carboxylic acids is 1. The first-order valence-electron chi connectivity index (χ1n) is 8.42. The summed E-state index contributed by atoms with van der Waals surface area (Å²) < 4.78 is 0. The van der Waals surface area contributed by atoms with Crippen LogP contribution in [-0.2, 0) is 9.63 Å². The van der Waals surface area contributed by atoms with Crippen LogP contribution in [-0.4, -0.2) is 23.9 Å². The zero-order valence-electron chi connectivity index (χ0n) is 13.2. The highest BCUT2D eigenvalue weighted by atomic mass is 32.1. The van der Waals surface area contributed by atoms with Crippen LogP contribution in [0, 0.1) is 17.8 Å². The van der Waals surface area contributed by atoms with E-state index in [9.17, 15) is 4.79 Å². The molecule has 0 radical (unpaired) electrons. The number of carbonyl (C=O) groups is 1. The summed E-state index contributed by atoms with van der Waals surface area (Å²) in [5.41, 5.74) is 5.84. The summed E-state index contributed by atoms with van der Waals surface area (Å²) >= 11 is 1.50. The molecular weight excluding hydrogens is 310 g/mol. The first-order chi connectivity index (χ1) is 11.1. The van der Waals surface area contributed by atoms with Gasteiger partial charge in [0.1, 0.15) is 0 Å². The van der Waals surface area contributed by atoms with Crippen LogP contribution in [0.3, 0.4) is 0 Å². The molecule has 0 aliphatic heterocycles. The van der Waals surface area contributed by atoms with Gasteiger partial charge in [-0.15, -0.1) is 11.3 Å². The predicted molar refractivity (Wildman–Crippen MR) is 90.0 cm³/mol. The summed E-state index contributed by atoms with van der Waals surface area (Å²) in [6.07, 6.45) is 7.54. The summed E-state index contributed by atoms with van der Waals surface area (Å²) in [6.45, 7) is -0.0617. The van der Waals surface area contributed by atoms with E-state index in [1.165, 1.54) is 30.6 Å². The average Bonchev–Trinajstić information content (AvgIpc) is 2.99. The normalized spacial score (nSPS) is 35.3. The van der Waals surface area contributed by atoms with Crippen molar-refractivity contribution in [1.29, 1.82) is 0 Å². The van der Waals surface area contributed by atoms with Gasteiger partial charge in [-0.2, -0.15) is 0 Å². The van der Waals surface area contributed by atoms with Crippen molar-refractivity contribution in [3.63, 3.8) is 0 Å². The minimum Gasteiger partial charge on any atom is -0.384 e. The molecule has 124 valence electrons. The highest BCUT2D eigenvalue weighted by molar-refractivity contribution is 7.12. The first-order valence-corrected chi connectivity index (χ1v) is 9.30. The van der Waals surface area contributed by atoms with Crippen molar-refractivity contribution in [2.45, 2.75) is 44.1 Å². The second kappa shape index (κ2) is 5.82. The van der Waals surface area contributed by atoms with E-state index < -0.39 is 0 Å². The molecule has 0 spiro atoms. The van der Waals surface area contributed by atoms with Gasteiger partial charge in [0.2, 0.25) is 0 Å². The zero-order chi connectivity index (χ0) is 15.9. The molecule has 1 aromatic heterocycles. The van der Waals surface area contributed by atoms with E-state index in [4.69, 9.17) is 10.6 Å². The molecule has 0 unspecified atom stereocenters. The topological polar surface area (TPSA) is 76.7 Å². The number of hydrogen-bond donors (Lipinski definition) is 2. The summed E-state index contributed by atoms with van der Waals surface area (Å²) in [4.78, 5) is 18.3. The fourth-order valence-corrected chi connectivity index (χ4v) is 5.84. The lowest BCUT2D eigenvalue weighted by molar-refractivity contribution is -0.131. The number of amides is 1. The highest BCUT2D eigenvalue weighted by Gasteiger charge is 2.51. The fourth-order valence-electron chi connectivity index (χ4n) is 5.23. The highest BCUT2D eigenvalue weighted by Crippen LogP contribution is 2.55. The smallest absolute Gasteiger partial charge is 0.261 e. The molecule has 1 amide bonds. The van der Waals surface area contributed by atoms with E-state index in [-0.39, 0.29) is 18.1 Å². The number of nitrogens with zero attached hydrogens (tertiary/aromatic N) is 1. The van der Waals surface area contributed by atoms with Gasteiger partial charge in [0.05, 0.1) is 4.88 Å². The molecule has 4 fully saturated rings. The van der Waals surface area contributed by atoms with E-state index in [0.717, 1.165) is 41.9 Å². The Hall–Kier alpha value is -1.56. The van der Waals surface area contributed by atoms with Crippen molar-refractivity contribution in [2.75, 3.05) is 6.61 Å². The molecule has 4 aliphatic rings. The van der Waals surface area contributed by atoms with Gasteiger partial charge in [0.25, 0.3) is 5.91 Å². The number of nitrogens with two attached hydrogens (primary N) is 1. The molecule has 5 nitrogen and oxygen atoms in total. The molecule has 0 saturated heterocycles. The molecule has 1 aromatic rings. The molecule has 5 rings (SSSR count). The SMILES string of the molecule is NC(=NOCC(=O)NC12CC3CC(CC(C3)C1)C2)c1cccs1. The quantitative estimate of drug-likeness (QED) is 0.494. The van der Waals surface area contributed by atoms with Gasteiger partial charge in [-0.05, 0) is 67.7 Å². The van der Waals surface area contributed by atoms with Gasteiger partial charge < -0.3 is 15.9 Å². The molecule has 1 heterocycles. The first kappa shape index (κ1) is 15.0. The Kier molecular flexibility index (Phi) is 3.79. The summed E-state index contributed by atoms with van der Waals surface area (Å²) in [7, 11) is 0. The predicted octanol–water partition coefficient (Wildman–Crippen LogP) is 2.47. The molecular formula is C17H23N3O2S. The maximum atomic E-state index is 12.3. The van der Waals surface area contributed by atoms with Crippen LogP contribution in [0.2, 0.25) is 0 Å². The van der Waals surface area contributed by atoms with Crippen LogP contribution in [0.1, 0.15) is 43.4 Å². The molecule has 3 N–H and O–H groups in total. The molecule has 4 aliphatic carbocycles. The lowest BCUT2D eigenvalue weighted by Gasteiger charge is -2.56. The summed E-state index contributed by atoms with van der Waals surface area (Å²) in [5.74, 6) is 2.69. The Labute approximate surface area is 140 Å². The zero-order valence-corrected chi connectivity index (χ0v) is 14.0.